The van der Waals surface area contributed by atoms with Gasteiger partial charge in [0.15, 0.2) is 0 Å². The maximum atomic E-state index is 12.1. The highest BCUT2D eigenvalue weighted by Crippen LogP contribution is 2.10. The fraction of sp³-hybridized carbons (Fsp3) is 0.667. The van der Waals surface area contributed by atoms with Gasteiger partial charge in [0.25, 0.3) is 0 Å². The van der Waals surface area contributed by atoms with Crippen LogP contribution in [0.15, 0.2) is 30.3 Å². The van der Waals surface area contributed by atoms with Crippen molar-refractivity contribution in [2.45, 2.75) is 84.7 Å². The van der Waals surface area contributed by atoms with Crippen molar-refractivity contribution in [1.29, 1.82) is 0 Å². The highest BCUT2D eigenvalue weighted by molar-refractivity contribution is 5.71. The molecule has 1 amide bonds. The Hall–Kier alpha value is -2.12. The summed E-state index contributed by atoms with van der Waals surface area (Å²) < 4.78 is 21.8. The number of hydrogen-bond acceptors (Lipinski definition) is 6. The van der Waals surface area contributed by atoms with Crippen LogP contribution in [0, 0.1) is 0 Å². The second-order valence-electron chi connectivity index (χ2n) is 9.48. The number of hydrogen-bond donors (Lipinski definition) is 1. The van der Waals surface area contributed by atoms with Crippen molar-refractivity contribution in [3.05, 3.63) is 35.9 Å². The number of alkyl carbamates (subject to hydrolysis) is 1. The van der Waals surface area contributed by atoms with Crippen LogP contribution in [0.5, 0.6) is 0 Å². The zero-order valence-electron chi connectivity index (χ0n) is 19.9. The number of carbonyl (C=O) groups is 2. The Morgan fingerprint density at radius 3 is 2.16 bits per heavy atom. The van der Waals surface area contributed by atoms with E-state index < -0.39 is 23.3 Å². The number of rotatable bonds is 12. The van der Waals surface area contributed by atoms with Gasteiger partial charge in [0.05, 0.1) is 19.3 Å². The van der Waals surface area contributed by atoms with Gasteiger partial charge in [0.1, 0.15) is 17.8 Å². The SMILES string of the molecule is CC(C)(C)OC(=O)COC[C@@H](CCCCOCc1ccccc1)NC(=O)OC(C)(C)C. The minimum Gasteiger partial charge on any atom is -0.458 e. The second-order valence-corrected chi connectivity index (χ2v) is 9.48. The average Bonchev–Trinajstić information content (AvgIpc) is 2.62. The van der Waals surface area contributed by atoms with Crippen molar-refractivity contribution in [3.8, 4) is 0 Å². The van der Waals surface area contributed by atoms with Crippen LogP contribution in [0.25, 0.3) is 0 Å². The molecule has 0 unspecified atom stereocenters. The van der Waals surface area contributed by atoms with E-state index in [4.69, 9.17) is 18.9 Å². The standard InChI is InChI=1S/C24H39NO6/c1-23(2,3)30-21(26)18-29-17-20(25-22(27)31-24(4,5)6)14-10-11-15-28-16-19-12-8-7-9-13-19/h7-9,12-13,20H,10-11,14-18H2,1-6H3,(H,25,27)/t20-/m1/s1. The van der Waals surface area contributed by atoms with Gasteiger partial charge in [-0.1, -0.05) is 30.3 Å². The Morgan fingerprint density at radius 1 is 0.903 bits per heavy atom. The summed E-state index contributed by atoms with van der Waals surface area (Å²) in [6.07, 6.45) is 1.87. The van der Waals surface area contributed by atoms with Crippen LogP contribution >= 0.6 is 0 Å². The van der Waals surface area contributed by atoms with Crippen LogP contribution in [0.4, 0.5) is 4.79 Å². The molecule has 7 heteroatoms. The summed E-state index contributed by atoms with van der Waals surface area (Å²) in [4.78, 5) is 24.0. The molecule has 31 heavy (non-hydrogen) atoms. The van der Waals surface area contributed by atoms with Crippen molar-refractivity contribution in [3.63, 3.8) is 0 Å². The highest BCUT2D eigenvalue weighted by atomic mass is 16.6. The third-order valence-electron chi connectivity index (χ3n) is 3.88. The first-order valence-electron chi connectivity index (χ1n) is 10.9. The van der Waals surface area contributed by atoms with E-state index in [2.05, 4.69) is 5.32 Å². The summed E-state index contributed by atoms with van der Waals surface area (Å²) in [5.74, 6) is -0.433. The van der Waals surface area contributed by atoms with E-state index in [0.717, 1.165) is 18.4 Å². The maximum Gasteiger partial charge on any atom is 0.407 e. The lowest BCUT2D eigenvalue weighted by Gasteiger charge is -2.24. The van der Waals surface area contributed by atoms with Gasteiger partial charge in [-0.05, 0) is 66.4 Å². The monoisotopic (exact) mass is 437 g/mol. The van der Waals surface area contributed by atoms with Gasteiger partial charge >= 0.3 is 12.1 Å². The zero-order chi connectivity index (χ0) is 23.3. The summed E-state index contributed by atoms with van der Waals surface area (Å²) in [7, 11) is 0. The zero-order valence-corrected chi connectivity index (χ0v) is 19.9. The van der Waals surface area contributed by atoms with Crippen molar-refractivity contribution >= 4 is 12.1 Å². The van der Waals surface area contributed by atoms with E-state index >= 15 is 0 Å². The first-order chi connectivity index (χ1) is 14.4. The predicted molar refractivity (Wildman–Crippen MR) is 120 cm³/mol. The van der Waals surface area contributed by atoms with E-state index in [0.29, 0.717) is 19.6 Å². The van der Waals surface area contributed by atoms with Crippen LogP contribution < -0.4 is 5.32 Å². The van der Waals surface area contributed by atoms with Crippen LogP contribution in [-0.4, -0.2) is 49.1 Å². The van der Waals surface area contributed by atoms with Gasteiger partial charge in [-0.25, -0.2) is 9.59 Å². The molecule has 0 fully saturated rings. The van der Waals surface area contributed by atoms with Crippen LogP contribution in [0.3, 0.4) is 0 Å². The third-order valence-corrected chi connectivity index (χ3v) is 3.88. The van der Waals surface area contributed by atoms with Crippen molar-refractivity contribution in [2.24, 2.45) is 0 Å². The molecule has 0 aliphatic carbocycles. The van der Waals surface area contributed by atoms with E-state index in [-0.39, 0.29) is 19.3 Å². The molecule has 7 nitrogen and oxygen atoms in total. The number of carbonyl (C=O) groups excluding carboxylic acids is 2. The Balaban J connectivity index is 2.38. The van der Waals surface area contributed by atoms with Gasteiger partial charge in [0.2, 0.25) is 0 Å². The van der Waals surface area contributed by atoms with E-state index in [9.17, 15) is 9.59 Å². The molecular formula is C24H39NO6. The second kappa shape index (κ2) is 13.3. The van der Waals surface area contributed by atoms with Crippen molar-refractivity contribution in [1.82, 2.24) is 5.32 Å². The first-order valence-corrected chi connectivity index (χ1v) is 10.9. The first kappa shape index (κ1) is 26.9. The molecule has 1 aromatic carbocycles. The molecule has 0 spiro atoms. The van der Waals surface area contributed by atoms with Crippen LogP contribution in [-0.2, 0) is 30.3 Å². The summed E-state index contributed by atoms with van der Waals surface area (Å²) in [6.45, 7) is 12.1. The molecule has 0 heterocycles. The molecular weight excluding hydrogens is 398 g/mol. The lowest BCUT2D eigenvalue weighted by molar-refractivity contribution is -0.160. The quantitative estimate of drug-likeness (QED) is 0.379. The predicted octanol–water partition coefficient (Wildman–Crippen LogP) is 4.63. The molecule has 0 bridgehead atoms. The molecule has 0 radical (unpaired) electrons. The smallest absolute Gasteiger partial charge is 0.407 e. The number of benzene rings is 1. The number of amides is 1. The average molecular weight is 438 g/mol. The number of esters is 1. The molecule has 0 aromatic heterocycles. The fourth-order valence-corrected chi connectivity index (χ4v) is 2.69. The molecule has 0 aliphatic heterocycles. The van der Waals surface area contributed by atoms with Crippen LogP contribution in [0.1, 0.15) is 66.4 Å². The maximum absolute atomic E-state index is 12.1. The van der Waals surface area contributed by atoms with Crippen molar-refractivity contribution < 1.29 is 28.5 Å². The Kier molecular flexibility index (Phi) is 11.6. The highest BCUT2D eigenvalue weighted by Gasteiger charge is 2.21. The molecule has 0 saturated carbocycles. The molecule has 1 atom stereocenters. The number of unbranched alkanes of at least 4 members (excludes halogenated alkanes) is 1. The van der Waals surface area contributed by atoms with Gasteiger partial charge in [-0.15, -0.1) is 0 Å². The topological polar surface area (TPSA) is 83.1 Å². The fourth-order valence-electron chi connectivity index (χ4n) is 2.69. The Bertz CT molecular complexity index is 648. The lowest BCUT2D eigenvalue weighted by atomic mass is 10.1. The summed E-state index contributed by atoms with van der Waals surface area (Å²) >= 11 is 0. The molecule has 1 N–H and O–H groups in total. The number of ether oxygens (including phenoxy) is 4. The van der Waals surface area contributed by atoms with Crippen molar-refractivity contribution in [2.75, 3.05) is 19.8 Å². The van der Waals surface area contributed by atoms with Gasteiger partial charge < -0.3 is 24.3 Å². The van der Waals surface area contributed by atoms with Crippen LogP contribution in [0.2, 0.25) is 0 Å². The third kappa shape index (κ3) is 15.3. The van der Waals surface area contributed by atoms with Gasteiger partial charge in [-0.3, -0.25) is 0 Å². The van der Waals surface area contributed by atoms with E-state index in [1.54, 1.807) is 20.8 Å². The molecule has 1 aromatic rings. The Morgan fingerprint density at radius 2 is 1.55 bits per heavy atom. The summed E-state index contributed by atoms with van der Waals surface area (Å²) in [5.41, 5.74) is -0.00597. The summed E-state index contributed by atoms with van der Waals surface area (Å²) in [6, 6.07) is 9.75. The molecule has 176 valence electrons. The lowest BCUT2D eigenvalue weighted by Crippen LogP contribution is -2.42. The molecule has 0 aliphatic rings. The molecule has 1 rings (SSSR count). The minimum atomic E-state index is -0.586. The van der Waals surface area contributed by atoms with E-state index in [1.807, 2.05) is 51.1 Å². The largest absolute Gasteiger partial charge is 0.458 e. The normalized spacial score (nSPS) is 12.8. The summed E-state index contributed by atoms with van der Waals surface area (Å²) in [5, 5.41) is 2.83. The van der Waals surface area contributed by atoms with Gasteiger partial charge in [-0.2, -0.15) is 0 Å². The van der Waals surface area contributed by atoms with Gasteiger partial charge in [0, 0.05) is 6.61 Å². The van der Waals surface area contributed by atoms with E-state index in [1.165, 1.54) is 0 Å². The molecule has 0 saturated heterocycles. The minimum absolute atomic E-state index is 0.163. The number of nitrogens with one attached hydrogen (secondary N) is 1. The Labute approximate surface area is 186 Å².